The second-order valence-electron chi connectivity index (χ2n) is 4.69. The number of nitrogens with zero attached hydrogens (tertiary/aromatic N) is 1. The number of aromatic nitrogens is 1. The first kappa shape index (κ1) is 11.8. The minimum atomic E-state index is -0.164. The van der Waals surface area contributed by atoms with Crippen LogP contribution in [0.5, 0.6) is 0 Å². The molecule has 2 heterocycles. The van der Waals surface area contributed by atoms with Gasteiger partial charge >= 0.3 is 0 Å². The third-order valence-electron chi connectivity index (χ3n) is 3.36. The summed E-state index contributed by atoms with van der Waals surface area (Å²) in [7, 11) is 0. The molecule has 0 saturated carbocycles. The lowest BCUT2D eigenvalue weighted by Crippen LogP contribution is -2.12. The molecule has 0 unspecified atom stereocenters. The molecule has 1 N–H and O–H groups in total. The molecule has 3 rings (SSSR count). The van der Waals surface area contributed by atoms with Crippen LogP contribution >= 0.6 is 11.3 Å². The molecule has 2 aromatic rings. The van der Waals surface area contributed by atoms with E-state index in [1.165, 1.54) is 6.42 Å². The Kier molecular flexibility index (Phi) is 3.14. The molecule has 1 atom stereocenters. The van der Waals surface area contributed by atoms with Crippen LogP contribution in [0.2, 0.25) is 0 Å². The molecule has 0 spiro atoms. The van der Waals surface area contributed by atoms with Crippen molar-refractivity contribution < 1.29 is 4.39 Å². The van der Waals surface area contributed by atoms with Gasteiger partial charge in [0.25, 0.3) is 0 Å². The molecule has 0 radical (unpaired) electrons. The van der Waals surface area contributed by atoms with Gasteiger partial charge in [0.1, 0.15) is 10.8 Å². The highest BCUT2D eigenvalue weighted by molar-refractivity contribution is 7.13. The lowest BCUT2D eigenvalue weighted by Gasteiger charge is -2.05. The molecule has 4 heteroatoms. The predicted molar refractivity (Wildman–Crippen MR) is 72.2 cm³/mol. The monoisotopic (exact) mass is 262 g/mol. The van der Waals surface area contributed by atoms with Crippen LogP contribution in [0, 0.1) is 12.7 Å². The van der Waals surface area contributed by atoms with Gasteiger partial charge in [-0.15, -0.1) is 11.3 Å². The van der Waals surface area contributed by atoms with Gasteiger partial charge < -0.3 is 5.32 Å². The normalized spacial score (nSPS) is 19.3. The summed E-state index contributed by atoms with van der Waals surface area (Å²) in [4.78, 5) is 4.62. The van der Waals surface area contributed by atoms with E-state index in [2.05, 4.69) is 15.7 Å². The smallest absolute Gasteiger partial charge is 0.126 e. The number of thiazole rings is 1. The van der Waals surface area contributed by atoms with E-state index in [9.17, 15) is 4.39 Å². The van der Waals surface area contributed by atoms with Crippen LogP contribution < -0.4 is 5.32 Å². The maximum atomic E-state index is 13.5. The Morgan fingerprint density at radius 1 is 1.44 bits per heavy atom. The topological polar surface area (TPSA) is 24.9 Å². The third kappa shape index (κ3) is 2.18. The SMILES string of the molecule is Cc1ccc(-c2nc([C@@H]3CCCN3)cs2)cc1F. The molecule has 0 amide bonds. The second-order valence-corrected chi connectivity index (χ2v) is 5.55. The predicted octanol–water partition coefficient (Wildman–Crippen LogP) is 3.68. The molecule has 1 aromatic carbocycles. The van der Waals surface area contributed by atoms with Crippen LogP contribution in [0.3, 0.4) is 0 Å². The summed E-state index contributed by atoms with van der Waals surface area (Å²) in [6, 6.07) is 5.69. The summed E-state index contributed by atoms with van der Waals surface area (Å²) in [6.07, 6.45) is 2.35. The zero-order valence-electron chi connectivity index (χ0n) is 10.2. The summed E-state index contributed by atoms with van der Waals surface area (Å²) in [6.45, 7) is 2.84. The number of aryl methyl sites for hydroxylation is 1. The first-order valence-corrected chi connectivity index (χ1v) is 7.07. The van der Waals surface area contributed by atoms with E-state index in [-0.39, 0.29) is 5.82 Å². The number of halogens is 1. The van der Waals surface area contributed by atoms with E-state index < -0.39 is 0 Å². The van der Waals surface area contributed by atoms with Gasteiger partial charge in [-0.25, -0.2) is 9.37 Å². The summed E-state index contributed by atoms with van der Waals surface area (Å²) < 4.78 is 13.5. The summed E-state index contributed by atoms with van der Waals surface area (Å²) in [5.74, 6) is -0.164. The van der Waals surface area contributed by atoms with Crippen LogP contribution in [-0.4, -0.2) is 11.5 Å². The molecule has 18 heavy (non-hydrogen) atoms. The number of hydrogen-bond acceptors (Lipinski definition) is 3. The average Bonchev–Trinajstić information content (AvgIpc) is 3.01. The highest BCUT2D eigenvalue weighted by Crippen LogP contribution is 2.30. The molecule has 0 bridgehead atoms. The van der Waals surface area contributed by atoms with Gasteiger partial charge in [0, 0.05) is 10.9 Å². The first-order valence-electron chi connectivity index (χ1n) is 6.19. The molecule has 94 valence electrons. The van der Waals surface area contributed by atoms with Gasteiger partial charge in [0.05, 0.1) is 11.7 Å². The number of rotatable bonds is 2. The zero-order valence-corrected chi connectivity index (χ0v) is 11.1. The highest BCUT2D eigenvalue weighted by atomic mass is 32.1. The van der Waals surface area contributed by atoms with E-state index in [0.717, 1.165) is 29.2 Å². The summed E-state index contributed by atoms with van der Waals surface area (Å²) in [5.41, 5.74) is 2.63. The zero-order chi connectivity index (χ0) is 12.5. The number of nitrogens with one attached hydrogen (secondary N) is 1. The number of hydrogen-bond donors (Lipinski definition) is 1. The van der Waals surface area contributed by atoms with Gasteiger partial charge in [0.2, 0.25) is 0 Å². The van der Waals surface area contributed by atoms with Crippen molar-refractivity contribution in [3.05, 3.63) is 40.7 Å². The van der Waals surface area contributed by atoms with E-state index in [0.29, 0.717) is 11.6 Å². The fourth-order valence-corrected chi connectivity index (χ4v) is 3.11. The molecule has 1 saturated heterocycles. The fourth-order valence-electron chi connectivity index (χ4n) is 2.24. The highest BCUT2D eigenvalue weighted by Gasteiger charge is 2.19. The van der Waals surface area contributed by atoms with Gasteiger partial charge in [-0.3, -0.25) is 0 Å². The molecule has 2 nitrogen and oxygen atoms in total. The van der Waals surface area contributed by atoms with E-state index >= 15 is 0 Å². The van der Waals surface area contributed by atoms with Crippen molar-refractivity contribution >= 4 is 11.3 Å². The van der Waals surface area contributed by atoms with E-state index in [1.807, 2.05) is 6.07 Å². The molecular weight excluding hydrogens is 247 g/mol. The minimum Gasteiger partial charge on any atom is -0.309 e. The van der Waals surface area contributed by atoms with Gasteiger partial charge in [-0.1, -0.05) is 12.1 Å². The summed E-state index contributed by atoms with van der Waals surface area (Å²) >= 11 is 1.59. The third-order valence-corrected chi connectivity index (χ3v) is 4.27. The molecule has 1 aliphatic heterocycles. The molecule has 1 fully saturated rings. The van der Waals surface area contributed by atoms with Crippen LogP contribution in [0.1, 0.15) is 30.1 Å². The Hall–Kier alpha value is -1.26. The maximum Gasteiger partial charge on any atom is 0.126 e. The maximum absolute atomic E-state index is 13.5. The molecule has 1 aliphatic rings. The second kappa shape index (κ2) is 4.78. The number of benzene rings is 1. The quantitative estimate of drug-likeness (QED) is 0.893. The van der Waals surface area contributed by atoms with Crippen molar-refractivity contribution in [1.82, 2.24) is 10.3 Å². The van der Waals surface area contributed by atoms with Crippen LogP contribution in [0.25, 0.3) is 10.6 Å². The largest absolute Gasteiger partial charge is 0.309 e. The van der Waals surface area contributed by atoms with Crippen molar-refractivity contribution in [3.8, 4) is 10.6 Å². The Labute approximate surface area is 110 Å². The standard InChI is InChI=1S/C14H15FN2S/c1-9-4-5-10(7-11(9)15)14-17-13(8-18-14)12-3-2-6-16-12/h4-5,7-8,12,16H,2-3,6H2,1H3/t12-/m0/s1. The Bertz CT molecular complexity index is 559. The lowest BCUT2D eigenvalue weighted by atomic mass is 10.1. The van der Waals surface area contributed by atoms with Crippen LogP contribution in [0.15, 0.2) is 23.6 Å². The van der Waals surface area contributed by atoms with Gasteiger partial charge in [-0.2, -0.15) is 0 Å². The Morgan fingerprint density at radius 3 is 3.06 bits per heavy atom. The molecule has 0 aliphatic carbocycles. The van der Waals surface area contributed by atoms with E-state index in [4.69, 9.17) is 0 Å². The van der Waals surface area contributed by atoms with Crippen molar-refractivity contribution in [2.75, 3.05) is 6.54 Å². The van der Waals surface area contributed by atoms with Crippen molar-refractivity contribution in [2.45, 2.75) is 25.8 Å². The molecular formula is C14H15FN2S. The van der Waals surface area contributed by atoms with Crippen molar-refractivity contribution in [3.63, 3.8) is 0 Å². The van der Waals surface area contributed by atoms with Crippen molar-refractivity contribution in [2.24, 2.45) is 0 Å². The lowest BCUT2D eigenvalue weighted by molar-refractivity contribution is 0.619. The average molecular weight is 262 g/mol. The molecule has 1 aromatic heterocycles. The Balaban J connectivity index is 1.89. The van der Waals surface area contributed by atoms with Gasteiger partial charge in [0.15, 0.2) is 0 Å². The van der Waals surface area contributed by atoms with E-state index in [1.54, 1.807) is 30.4 Å². The van der Waals surface area contributed by atoms with Crippen molar-refractivity contribution in [1.29, 1.82) is 0 Å². The van der Waals surface area contributed by atoms with Crippen LogP contribution in [-0.2, 0) is 0 Å². The van der Waals surface area contributed by atoms with Crippen LogP contribution in [0.4, 0.5) is 4.39 Å². The minimum absolute atomic E-state index is 0.164. The fraction of sp³-hybridized carbons (Fsp3) is 0.357. The van der Waals surface area contributed by atoms with Gasteiger partial charge in [-0.05, 0) is 37.9 Å². The Morgan fingerprint density at radius 2 is 2.33 bits per heavy atom. The first-order chi connectivity index (χ1) is 8.74. The summed E-state index contributed by atoms with van der Waals surface area (Å²) in [5, 5.41) is 6.41.